The van der Waals surface area contributed by atoms with Gasteiger partial charge in [-0.2, -0.15) is 0 Å². The minimum Gasteiger partial charge on any atom is -0.335 e. The highest BCUT2D eigenvalue weighted by atomic mass is 32.1. The van der Waals surface area contributed by atoms with Crippen LogP contribution in [0.2, 0.25) is 0 Å². The SMILES string of the molecule is Cc1cn(CC2CCCC(C)C2)c(=S)[nH]1. The fourth-order valence-electron chi connectivity index (χ4n) is 2.70. The lowest BCUT2D eigenvalue weighted by Gasteiger charge is -2.26. The number of aromatic amines is 1. The Labute approximate surface area is 96.7 Å². The second kappa shape index (κ2) is 4.52. The van der Waals surface area contributed by atoms with E-state index in [4.69, 9.17) is 12.2 Å². The number of aryl methyl sites for hydroxylation is 1. The zero-order valence-electron chi connectivity index (χ0n) is 9.62. The van der Waals surface area contributed by atoms with Crippen LogP contribution in [0.25, 0.3) is 0 Å². The summed E-state index contributed by atoms with van der Waals surface area (Å²) < 4.78 is 3.08. The molecule has 0 bridgehead atoms. The third kappa shape index (κ3) is 2.71. The molecule has 84 valence electrons. The lowest BCUT2D eigenvalue weighted by molar-refractivity contribution is 0.256. The van der Waals surface area contributed by atoms with Gasteiger partial charge < -0.3 is 9.55 Å². The van der Waals surface area contributed by atoms with Gasteiger partial charge in [-0.15, -0.1) is 0 Å². The number of hydrogen-bond donors (Lipinski definition) is 1. The van der Waals surface area contributed by atoms with Crippen LogP contribution in [0.15, 0.2) is 6.20 Å². The average molecular weight is 224 g/mol. The maximum Gasteiger partial charge on any atom is 0.177 e. The maximum absolute atomic E-state index is 5.28. The van der Waals surface area contributed by atoms with Crippen LogP contribution in [-0.4, -0.2) is 9.55 Å². The summed E-state index contributed by atoms with van der Waals surface area (Å²) in [6.45, 7) is 5.54. The van der Waals surface area contributed by atoms with Gasteiger partial charge in [0.25, 0.3) is 0 Å². The van der Waals surface area contributed by atoms with Crippen molar-refractivity contribution in [3.8, 4) is 0 Å². The molecule has 0 aliphatic heterocycles. The first-order chi connectivity index (χ1) is 7.15. The standard InChI is InChI=1S/C12H20N2S/c1-9-4-3-5-11(6-9)8-14-7-10(2)13-12(14)15/h7,9,11H,3-6,8H2,1-2H3,(H,13,15). The molecule has 0 aromatic carbocycles. The van der Waals surface area contributed by atoms with E-state index in [1.54, 1.807) is 0 Å². The number of rotatable bonds is 2. The zero-order chi connectivity index (χ0) is 10.8. The van der Waals surface area contributed by atoms with Crippen molar-refractivity contribution in [2.75, 3.05) is 0 Å². The molecule has 2 nitrogen and oxygen atoms in total. The largest absolute Gasteiger partial charge is 0.335 e. The van der Waals surface area contributed by atoms with E-state index in [0.717, 1.165) is 23.2 Å². The summed E-state index contributed by atoms with van der Waals surface area (Å²) in [6, 6.07) is 0. The minimum absolute atomic E-state index is 0.829. The molecule has 1 aromatic heterocycles. The monoisotopic (exact) mass is 224 g/mol. The van der Waals surface area contributed by atoms with Crippen molar-refractivity contribution >= 4 is 12.2 Å². The van der Waals surface area contributed by atoms with Crippen molar-refractivity contribution in [3.63, 3.8) is 0 Å². The molecule has 1 fully saturated rings. The quantitative estimate of drug-likeness (QED) is 0.760. The van der Waals surface area contributed by atoms with Crippen LogP contribution in [0, 0.1) is 23.5 Å². The average Bonchev–Trinajstić information content (AvgIpc) is 2.45. The van der Waals surface area contributed by atoms with Gasteiger partial charge in [-0.05, 0) is 43.8 Å². The normalized spacial score (nSPS) is 26.8. The third-order valence-electron chi connectivity index (χ3n) is 3.41. The smallest absolute Gasteiger partial charge is 0.177 e. The maximum atomic E-state index is 5.28. The Morgan fingerprint density at radius 2 is 2.33 bits per heavy atom. The van der Waals surface area contributed by atoms with Gasteiger partial charge in [0, 0.05) is 18.4 Å². The summed E-state index contributed by atoms with van der Waals surface area (Å²) in [7, 11) is 0. The molecular formula is C12H20N2S. The van der Waals surface area contributed by atoms with Crippen LogP contribution in [0.1, 0.15) is 38.3 Å². The van der Waals surface area contributed by atoms with Crippen molar-refractivity contribution < 1.29 is 0 Å². The molecule has 0 amide bonds. The van der Waals surface area contributed by atoms with E-state index in [1.165, 1.54) is 31.4 Å². The van der Waals surface area contributed by atoms with E-state index in [0.29, 0.717) is 0 Å². The second-order valence-electron chi connectivity index (χ2n) is 5.03. The molecule has 2 atom stereocenters. The Hall–Kier alpha value is -0.570. The molecule has 2 rings (SSSR count). The summed E-state index contributed by atoms with van der Waals surface area (Å²) in [6.07, 6.45) is 7.68. The van der Waals surface area contributed by atoms with E-state index >= 15 is 0 Å². The first-order valence-electron chi connectivity index (χ1n) is 5.91. The number of nitrogens with zero attached hydrogens (tertiary/aromatic N) is 1. The summed E-state index contributed by atoms with van der Waals surface area (Å²) in [5.41, 5.74) is 1.17. The Balaban J connectivity index is 2.02. The summed E-state index contributed by atoms with van der Waals surface area (Å²) in [4.78, 5) is 3.19. The highest BCUT2D eigenvalue weighted by molar-refractivity contribution is 7.71. The van der Waals surface area contributed by atoms with Crippen LogP contribution >= 0.6 is 12.2 Å². The van der Waals surface area contributed by atoms with Crippen LogP contribution in [0.5, 0.6) is 0 Å². The Morgan fingerprint density at radius 3 is 2.93 bits per heavy atom. The van der Waals surface area contributed by atoms with Crippen molar-refractivity contribution in [1.29, 1.82) is 0 Å². The van der Waals surface area contributed by atoms with Gasteiger partial charge in [-0.25, -0.2) is 0 Å². The van der Waals surface area contributed by atoms with E-state index < -0.39 is 0 Å². The lowest BCUT2D eigenvalue weighted by atomic mass is 9.82. The first kappa shape index (κ1) is 10.9. The molecule has 0 radical (unpaired) electrons. The summed E-state index contributed by atoms with van der Waals surface area (Å²) in [5.74, 6) is 1.73. The molecule has 3 heteroatoms. The fourth-order valence-corrected chi connectivity index (χ4v) is 2.99. The minimum atomic E-state index is 0.829. The van der Waals surface area contributed by atoms with Crippen LogP contribution in [0.4, 0.5) is 0 Å². The number of nitrogens with one attached hydrogen (secondary N) is 1. The molecule has 2 unspecified atom stereocenters. The predicted molar refractivity (Wildman–Crippen MR) is 65.5 cm³/mol. The van der Waals surface area contributed by atoms with Crippen LogP contribution in [-0.2, 0) is 6.54 Å². The van der Waals surface area contributed by atoms with Crippen molar-refractivity contribution in [2.24, 2.45) is 11.8 Å². The van der Waals surface area contributed by atoms with Gasteiger partial charge in [0.2, 0.25) is 0 Å². The summed E-state index contributed by atoms with van der Waals surface area (Å²) in [5, 5.41) is 0. The molecule has 1 heterocycles. The molecule has 1 aliphatic rings. The molecule has 1 saturated carbocycles. The van der Waals surface area contributed by atoms with Crippen LogP contribution in [0.3, 0.4) is 0 Å². The predicted octanol–water partition coefficient (Wildman–Crippen LogP) is 3.68. The van der Waals surface area contributed by atoms with Crippen molar-refractivity contribution in [1.82, 2.24) is 9.55 Å². The van der Waals surface area contributed by atoms with E-state index in [9.17, 15) is 0 Å². The number of aromatic nitrogens is 2. The van der Waals surface area contributed by atoms with E-state index in [2.05, 4.69) is 29.6 Å². The highest BCUT2D eigenvalue weighted by Gasteiger charge is 2.19. The Kier molecular flexibility index (Phi) is 3.29. The molecule has 0 saturated heterocycles. The van der Waals surface area contributed by atoms with Gasteiger partial charge in [-0.3, -0.25) is 0 Å². The number of H-pyrrole nitrogens is 1. The number of imidazole rings is 1. The first-order valence-corrected chi connectivity index (χ1v) is 6.32. The van der Waals surface area contributed by atoms with Crippen molar-refractivity contribution in [2.45, 2.75) is 46.1 Å². The van der Waals surface area contributed by atoms with Gasteiger partial charge in [0.15, 0.2) is 4.77 Å². The van der Waals surface area contributed by atoms with Gasteiger partial charge in [0.05, 0.1) is 0 Å². The lowest BCUT2D eigenvalue weighted by Crippen LogP contribution is -2.18. The van der Waals surface area contributed by atoms with Gasteiger partial charge >= 0.3 is 0 Å². The van der Waals surface area contributed by atoms with E-state index in [-0.39, 0.29) is 0 Å². The fraction of sp³-hybridized carbons (Fsp3) is 0.750. The second-order valence-corrected chi connectivity index (χ2v) is 5.42. The van der Waals surface area contributed by atoms with Gasteiger partial charge in [0.1, 0.15) is 0 Å². The third-order valence-corrected chi connectivity index (χ3v) is 3.75. The van der Waals surface area contributed by atoms with Crippen molar-refractivity contribution in [3.05, 3.63) is 16.7 Å². The molecule has 1 aromatic rings. The highest BCUT2D eigenvalue weighted by Crippen LogP contribution is 2.29. The van der Waals surface area contributed by atoms with E-state index in [1.807, 2.05) is 0 Å². The Morgan fingerprint density at radius 1 is 1.53 bits per heavy atom. The molecule has 1 N–H and O–H groups in total. The molecule has 1 aliphatic carbocycles. The topological polar surface area (TPSA) is 20.7 Å². The molecular weight excluding hydrogens is 204 g/mol. The van der Waals surface area contributed by atoms with Gasteiger partial charge in [-0.1, -0.05) is 19.8 Å². The Bertz CT molecular complexity index is 377. The summed E-state index contributed by atoms with van der Waals surface area (Å²) >= 11 is 5.28. The molecule has 0 spiro atoms. The van der Waals surface area contributed by atoms with Crippen LogP contribution < -0.4 is 0 Å². The zero-order valence-corrected chi connectivity index (χ0v) is 10.4. The molecule has 15 heavy (non-hydrogen) atoms. The number of hydrogen-bond acceptors (Lipinski definition) is 1.